The fourth-order valence-corrected chi connectivity index (χ4v) is 5.19. The summed E-state index contributed by atoms with van der Waals surface area (Å²) in [5, 5.41) is 21.7. The lowest BCUT2D eigenvalue weighted by atomic mass is 9.99. The van der Waals surface area contributed by atoms with Crippen LogP contribution in [0.5, 0.6) is 11.5 Å². The van der Waals surface area contributed by atoms with Crippen LogP contribution in [0, 0.1) is 5.92 Å². The van der Waals surface area contributed by atoms with E-state index in [2.05, 4.69) is 5.10 Å². The summed E-state index contributed by atoms with van der Waals surface area (Å²) in [5.41, 5.74) is 0.122. The number of rotatable bonds is 8. The molecule has 0 amide bonds. The van der Waals surface area contributed by atoms with Crippen LogP contribution in [-0.4, -0.2) is 73.6 Å². The molecule has 208 valence electrons. The predicted molar refractivity (Wildman–Crippen MR) is 141 cm³/mol. The van der Waals surface area contributed by atoms with Gasteiger partial charge in [-0.3, -0.25) is 4.79 Å². The van der Waals surface area contributed by atoms with Crippen LogP contribution in [-0.2, 0) is 12.6 Å². The van der Waals surface area contributed by atoms with Gasteiger partial charge in [0.25, 0.3) is 5.56 Å². The third kappa shape index (κ3) is 4.89. The SMILES string of the molecule is COc1cc(OC)cc(-c2nn(-c3cc(N4CC(C[OH2+])C4)ccc3C(F)(F)F)c(=O)c3c2CCN3CCO)c1. The van der Waals surface area contributed by atoms with E-state index in [1.54, 1.807) is 23.1 Å². The van der Waals surface area contributed by atoms with Gasteiger partial charge in [0.2, 0.25) is 0 Å². The number of anilines is 2. The fourth-order valence-electron chi connectivity index (χ4n) is 5.19. The number of methoxy groups -OCH3 is 2. The van der Waals surface area contributed by atoms with E-state index in [1.165, 1.54) is 26.4 Å². The molecule has 0 radical (unpaired) electrons. The summed E-state index contributed by atoms with van der Waals surface area (Å²) in [7, 11) is 2.98. The number of hydrogen-bond donors (Lipinski definition) is 1. The summed E-state index contributed by atoms with van der Waals surface area (Å²) < 4.78 is 54.3. The van der Waals surface area contributed by atoms with Gasteiger partial charge in [0.1, 0.15) is 23.8 Å². The van der Waals surface area contributed by atoms with Crippen molar-refractivity contribution in [2.24, 2.45) is 5.92 Å². The summed E-state index contributed by atoms with van der Waals surface area (Å²) in [5.74, 6) is 1.07. The predicted octanol–water partition coefficient (Wildman–Crippen LogP) is 2.45. The average molecular weight is 548 g/mol. The molecule has 1 aromatic heterocycles. The summed E-state index contributed by atoms with van der Waals surface area (Å²) in [6.07, 6.45) is -4.31. The molecule has 2 aliphatic rings. The lowest BCUT2D eigenvalue weighted by Crippen LogP contribution is -2.48. The van der Waals surface area contributed by atoms with Gasteiger partial charge < -0.3 is 29.5 Å². The molecule has 0 spiro atoms. The Balaban J connectivity index is 1.76. The second kappa shape index (κ2) is 10.4. The molecule has 3 aromatic rings. The zero-order valence-electron chi connectivity index (χ0n) is 21.6. The van der Waals surface area contributed by atoms with Crippen LogP contribution in [0.4, 0.5) is 24.5 Å². The van der Waals surface area contributed by atoms with Gasteiger partial charge in [-0.25, -0.2) is 0 Å². The first-order valence-electron chi connectivity index (χ1n) is 12.5. The van der Waals surface area contributed by atoms with Crippen molar-refractivity contribution in [2.45, 2.75) is 12.6 Å². The minimum absolute atomic E-state index is 0.151. The van der Waals surface area contributed by atoms with E-state index in [9.17, 15) is 23.1 Å². The maximum atomic E-state index is 14.2. The molecule has 1 fully saturated rings. The number of ether oxygens (including phenoxy) is 2. The van der Waals surface area contributed by atoms with Crippen molar-refractivity contribution in [1.82, 2.24) is 9.78 Å². The van der Waals surface area contributed by atoms with Crippen molar-refractivity contribution in [1.29, 1.82) is 0 Å². The van der Waals surface area contributed by atoms with Gasteiger partial charge >= 0.3 is 6.18 Å². The zero-order valence-corrected chi connectivity index (χ0v) is 21.6. The lowest BCUT2D eigenvalue weighted by molar-refractivity contribution is -0.137. The monoisotopic (exact) mass is 547 g/mol. The zero-order chi connectivity index (χ0) is 27.9. The molecule has 3 N–H and O–H groups in total. The number of hydrogen-bond acceptors (Lipinski definition) is 7. The molecule has 0 atom stereocenters. The van der Waals surface area contributed by atoms with Crippen molar-refractivity contribution >= 4 is 11.4 Å². The van der Waals surface area contributed by atoms with Gasteiger partial charge in [-0.1, -0.05) is 0 Å². The molecule has 3 heterocycles. The smallest absolute Gasteiger partial charge is 0.418 e. The first-order chi connectivity index (χ1) is 18.7. The fraction of sp³-hybridized carbons (Fsp3) is 0.407. The number of nitrogens with zero attached hydrogens (tertiary/aromatic N) is 4. The number of benzene rings is 2. The van der Waals surface area contributed by atoms with Crippen molar-refractivity contribution in [3.63, 3.8) is 0 Å². The first kappa shape index (κ1) is 26.8. The van der Waals surface area contributed by atoms with Gasteiger partial charge in [-0.15, -0.1) is 0 Å². The Kier molecular flexibility index (Phi) is 7.17. The maximum Gasteiger partial charge on any atom is 0.418 e. The van der Waals surface area contributed by atoms with Gasteiger partial charge in [0.15, 0.2) is 0 Å². The molecule has 9 nitrogen and oxygen atoms in total. The minimum atomic E-state index is -4.74. The average Bonchev–Trinajstić information content (AvgIpc) is 3.31. The number of aliphatic hydroxyl groups excluding tert-OH is 1. The molecule has 0 aliphatic carbocycles. The first-order valence-corrected chi connectivity index (χ1v) is 12.5. The minimum Gasteiger partial charge on any atom is -0.497 e. The molecule has 12 heteroatoms. The Hall–Kier alpha value is -3.77. The van der Waals surface area contributed by atoms with Gasteiger partial charge in [-0.2, -0.15) is 23.0 Å². The van der Waals surface area contributed by atoms with E-state index in [-0.39, 0.29) is 37.1 Å². The Labute approximate surface area is 222 Å². The van der Waals surface area contributed by atoms with Gasteiger partial charge in [0.05, 0.1) is 43.7 Å². The van der Waals surface area contributed by atoms with Crippen LogP contribution in [0.2, 0.25) is 0 Å². The van der Waals surface area contributed by atoms with Crippen LogP contribution in [0.1, 0.15) is 11.1 Å². The largest absolute Gasteiger partial charge is 0.497 e. The third-order valence-electron chi connectivity index (χ3n) is 7.24. The highest BCUT2D eigenvalue weighted by Crippen LogP contribution is 2.39. The molecule has 39 heavy (non-hydrogen) atoms. The maximum absolute atomic E-state index is 14.2. The number of aromatic nitrogens is 2. The lowest BCUT2D eigenvalue weighted by Gasteiger charge is -2.39. The standard InChI is InChI=1S/C27H29F3N4O5/c1-38-19-9-17(10-20(12-19)39-2)24-21-5-6-32(7-8-35)25(21)26(37)34(31-24)23-11-18(33-13-16(14-33)15-36)3-4-22(23)27(28,29)30/h3-4,9-12,16,35-36H,5-8,13-15H2,1-2H3/p+1. The summed E-state index contributed by atoms with van der Waals surface area (Å²) in [6.45, 7) is 1.70. The number of β-amino-alcohol motifs (C(OH)–C–C–N with tert-alkyl or cyclic N) is 1. The Bertz CT molecular complexity index is 1410. The number of alkyl halides is 3. The van der Waals surface area contributed by atoms with Crippen LogP contribution < -0.4 is 24.8 Å². The van der Waals surface area contributed by atoms with E-state index < -0.39 is 17.3 Å². The van der Waals surface area contributed by atoms with E-state index in [0.29, 0.717) is 60.1 Å². The van der Waals surface area contributed by atoms with Crippen molar-refractivity contribution in [3.8, 4) is 28.4 Å². The quantitative estimate of drug-likeness (QED) is 0.432. The molecular formula is C27H30F3N4O5+. The van der Waals surface area contributed by atoms with Crippen molar-refractivity contribution in [2.75, 3.05) is 63.4 Å². The number of halogens is 3. The highest BCUT2D eigenvalue weighted by molar-refractivity contribution is 5.75. The normalized spacial score (nSPS) is 15.4. The van der Waals surface area contributed by atoms with E-state index in [4.69, 9.17) is 14.6 Å². The molecular weight excluding hydrogens is 517 g/mol. The van der Waals surface area contributed by atoms with E-state index in [0.717, 1.165) is 10.7 Å². The van der Waals surface area contributed by atoms with Gasteiger partial charge in [0, 0.05) is 49.1 Å². The molecule has 0 saturated carbocycles. The highest BCUT2D eigenvalue weighted by Gasteiger charge is 2.37. The molecule has 0 bridgehead atoms. The van der Waals surface area contributed by atoms with Gasteiger partial charge in [-0.05, 0) is 36.8 Å². The highest BCUT2D eigenvalue weighted by atomic mass is 19.4. The Morgan fingerprint density at radius 2 is 1.79 bits per heavy atom. The second-order valence-corrected chi connectivity index (χ2v) is 9.63. The summed E-state index contributed by atoms with van der Waals surface area (Å²) >= 11 is 0. The van der Waals surface area contributed by atoms with Crippen molar-refractivity contribution in [3.05, 3.63) is 57.9 Å². The Morgan fingerprint density at radius 3 is 2.38 bits per heavy atom. The summed E-state index contributed by atoms with van der Waals surface area (Å²) in [4.78, 5) is 17.4. The van der Waals surface area contributed by atoms with E-state index >= 15 is 0 Å². The van der Waals surface area contributed by atoms with Crippen LogP contribution in [0.15, 0.2) is 41.2 Å². The number of fused-ring (bicyclic) bond motifs is 1. The van der Waals surface area contributed by atoms with Crippen LogP contribution >= 0.6 is 0 Å². The van der Waals surface area contributed by atoms with Crippen molar-refractivity contribution < 1.29 is 32.9 Å². The molecule has 1 saturated heterocycles. The third-order valence-corrected chi connectivity index (χ3v) is 7.24. The summed E-state index contributed by atoms with van der Waals surface area (Å²) in [6, 6.07) is 8.75. The molecule has 5 rings (SSSR count). The Morgan fingerprint density at radius 1 is 1.10 bits per heavy atom. The topological polar surface area (TPSA) is 103 Å². The van der Waals surface area contributed by atoms with Crippen LogP contribution in [0.25, 0.3) is 16.9 Å². The van der Waals surface area contributed by atoms with E-state index in [1.807, 2.05) is 4.90 Å². The molecule has 2 aliphatic heterocycles. The molecule has 0 unspecified atom stereocenters. The van der Waals surface area contributed by atoms with Crippen LogP contribution in [0.3, 0.4) is 0 Å². The number of aliphatic hydroxyl groups is 1. The molecule has 2 aromatic carbocycles. The second-order valence-electron chi connectivity index (χ2n) is 9.63.